The first-order valence-electron chi connectivity index (χ1n) is 5.09. The van der Waals surface area contributed by atoms with Crippen molar-refractivity contribution in [1.29, 1.82) is 0 Å². The maximum absolute atomic E-state index is 11.8. The summed E-state index contributed by atoms with van der Waals surface area (Å²) in [6.07, 6.45) is 0. The molecule has 5 nitrogen and oxygen atoms in total. The van der Waals surface area contributed by atoms with Gasteiger partial charge in [-0.25, -0.2) is 4.31 Å². The Hall–Kier alpha value is -0.620. The lowest BCUT2D eigenvalue weighted by Crippen LogP contribution is -2.36. The van der Waals surface area contributed by atoms with Gasteiger partial charge in [-0.15, -0.1) is 0 Å². The molecule has 1 rings (SSSR count). The molecule has 0 aliphatic carbocycles. The molecule has 1 atom stereocenters. The molecule has 0 aromatic heterocycles. The molecule has 0 aromatic rings. The maximum atomic E-state index is 11.8. The molecule has 1 aliphatic heterocycles. The predicted octanol–water partition coefficient (Wildman–Crippen LogP) is 0.344. The zero-order valence-electron chi connectivity index (χ0n) is 9.52. The molecule has 0 bridgehead atoms. The number of hydrogen-bond donors (Lipinski definition) is 1. The van der Waals surface area contributed by atoms with Gasteiger partial charge >= 0.3 is 10.2 Å². The second kappa shape index (κ2) is 4.09. The van der Waals surface area contributed by atoms with Crippen LogP contribution in [-0.2, 0) is 15.0 Å². The Morgan fingerprint density at radius 3 is 2.20 bits per heavy atom. The van der Waals surface area contributed by atoms with E-state index in [1.54, 1.807) is 0 Å². The highest BCUT2D eigenvalue weighted by molar-refractivity contribution is 7.88. The van der Waals surface area contributed by atoms with Crippen molar-refractivity contribution in [3.05, 3.63) is 0 Å². The molecule has 1 N–H and O–H groups in total. The van der Waals surface area contributed by atoms with Crippen molar-refractivity contribution in [2.75, 3.05) is 6.54 Å². The summed E-state index contributed by atoms with van der Waals surface area (Å²) >= 11 is 0. The Kier molecular flexibility index (Phi) is 3.40. The Balaban J connectivity index is 2.93. The number of amides is 1. The predicted molar refractivity (Wildman–Crippen MR) is 57.2 cm³/mol. The highest BCUT2D eigenvalue weighted by Gasteiger charge is 2.44. The largest absolute Gasteiger partial charge is 0.304 e. The van der Waals surface area contributed by atoms with Crippen LogP contribution in [0.5, 0.6) is 0 Å². The lowest BCUT2D eigenvalue weighted by molar-refractivity contribution is -0.127. The van der Waals surface area contributed by atoms with E-state index in [9.17, 15) is 13.2 Å². The van der Waals surface area contributed by atoms with Crippen molar-refractivity contribution in [3.8, 4) is 0 Å². The summed E-state index contributed by atoms with van der Waals surface area (Å²) in [7, 11) is -3.59. The first-order chi connectivity index (χ1) is 6.75. The summed E-state index contributed by atoms with van der Waals surface area (Å²) in [5.74, 6) is -0.223. The van der Waals surface area contributed by atoms with Crippen LogP contribution in [0.3, 0.4) is 0 Å². The van der Waals surface area contributed by atoms with Gasteiger partial charge in [0, 0.05) is 6.54 Å². The highest BCUT2D eigenvalue weighted by Crippen LogP contribution is 2.19. The molecule has 0 aromatic carbocycles. The van der Waals surface area contributed by atoms with Gasteiger partial charge in [0.15, 0.2) is 0 Å². The van der Waals surface area contributed by atoms with Gasteiger partial charge < -0.3 is 0 Å². The van der Waals surface area contributed by atoms with Crippen LogP contribution in [0.15, 0.2) is 0 Å². The number of nitrogens with one attached hydrogen (secondary N) is 1. The summed E-state index contributed by atoms with van der Waals surface area (Å²) in [6.45, 7) is 7.66. The topological polar surface area (TPSA) is 66.5 Å². The minimum absolute atomic E-state index is 0.0237. The number of hydrogen-bond acceptors (Lipinski definition) is 3. The van der Waals surface area contributed by atoms with Crippen LogP contribution in [-0.4, -0.2) is 31.2 Å². The van der Waals surface area contributed by atoms with Crippen LogP contribution in [0.25, 0.3) is 0 Å². The zero-order chi connectivity index (χ0) is 11.8. The second-order valence-electron chi connectivity index (χ2n) is 4.61. The fourth-order valence-corrected chi connectivity index (χ4v) is 3.16. The SMILES string of the molecule is CC(C)CN1C(=O)[C@@H](C(C)C)NS1(=O)=O. The van der Waals surface area contributed by atoms with Crippen molar-refractivity contribution < 1.29 is 13.2 Å². The van der Waals surface area contributed by atoms with Crippen LogP contribution in [0.1, 0.15) is 27.7 Å². The molecule has 1 heterocycles. The normalized spacial score (nSPS) is 25.6. The molecular formula is C9H18N2O3S. The molecular weight excluding hydrogens is 216 g/mol. The average Bonchev–Trinajstić information content (AvgIpc) is 2.27. The fraction of sp³-hybridized carbons (Fsp3) is 0.889. The van der Waals surface area contributed by atoms with Crippen LogP contribution >= 0.6 is 0 Å². The Morgan fingerprint density at radius 1 is 1.33 bits per heavy atom. The van der Waals surface area contributed by atoms with Crippen LogP contribution in [0.4, 0.5) is 0 Å². The van der Waals surface area contributed by atoms with Crippen molar-refractivity contribution in [2.45, 2.75) is 33.7 Å². The summed E-state index contributed by atoms with van der Waals surface area (Å²) in [6, 6.07) is -0.603. The maximum Gasteiger partial charge on any atom is 0.304 e. The number of nitrogens with zero attached hydrogens (tertiary/aromatic N) is 1. The minimum Gasteiger partial charge on any atom is -0.272 e. The average molecular weight is 234 g/mol. The van der Waals surface area contributed by atoms with Crippen LogP contribution in [0, 0.1) is 11.8 Å². The molecule has 15 heavy (non-hydrogen) atoms. The van der Waals surface area contributed by atoms with Crippen LogP contribution in [0.2, 0.25) is 0 Å². The van der Waals surface area contributed by atoms with Gasteiger partial charge in [-0.05, 0) is 11.8 Å². The standard InChI is InChI=1S/C9H18N2O3S/c1-6(2)5-11-9(12)8(7(3)4)10-15(11,13)14/h6-8,10H,5H2,1-4H3/t8-/m1/s1. The molecule has 0 spiro atoms. The molecule has 0 saturated carbocycles. The van der Waals surface area contributed by atoms with Gasteiger partial charge in [0.05, 0.1) is 0 Å². The third kappa shape index (κ3) is 2.49. The van der Waals surface area contributed by atoms with Crippen molar-refractivity contribution in [1.82, 2.24) is 9.03 Å². The van der Waals surface area contributed by atoms with E-state index < -0.39 is 16.3 Å². The van der Waals surface area contributed by atoms with Gasteiger partial charge in [-0.2, -0.15) is 13.1 Å². The van der Waals surface area contributed by atoms with Crippen LogP contribution < -0.4 is 4.72 Å². The highest BCUT2D eigenvalue weighted by atomic mass is 32.2. The fourth-order valence-electron chi connectivity index (χ4n) is 1.49. The number of carbonyl (C=O) groups is 1. The summed E-state index contributed by atoms with van der Waals surface area (Å²) in [5, 5.41) is 0. The minimum atomic E-state index is -3.59. The van der Waals surface area contributed by atoms with Gasteiger partial charge in [-0.1, -0.05) is 27.7 Å². The number of rotatable bonds is 3. The Labute approximate surface area is 91.0 Å². The quantitative estimate of drug-likeness (QED) is 0.766. The third-order valence-electron chi connectivity index (χ3n) is 2.28. The van der Waals surface area contributed by atoms with Gasteiger partial charge in [0.25, 0.3) is 5.91 Å². The first kappa shape index (κ1) is 12.4. The molecule has 0 radical (unpaired) electrons. The van der Waals surface area contributed by atoms with E-state index in [-0.39, 0.29) is 24.3 Å². The van der Waals surface area contributed by atoms with Gasteiger partial charge in [-0.3, -0.25) is 4.79 Å². The van der Waals surface area contributed by atoms with E-state index in [1.807, 2.05) is 27.7 Å². The first-order valence-corrected chi connectivity index (χ1v) is 6.53. The van der Waals surface area contributed by atoms with E-state index in [0.29, 0.717) is 0 Å². The number of carbonyl (C=O) groups excluding carboxylic acids is 1. The van der Waals surface area contributed by atoms with Crippen molar-refractivity contribution >= 4 is 16.1 Å². The summed E-state index contributed by atoms with van der Waals surface area (Å²) < 4.78 is 26.6. The molecule has 1 amide bonds. The van der Waals surface area contributed by atoms with E-state index in [1.165, 1.54) is 0 Å². The van der Waals surface area contributed by atoms with E-state index in [0.717, 1.165) is 4.31 Å². The third-order valence-corrected chi connectivity index (χ3v) is 3.74. The second-order valence-corrected chi connectivity index (χ2v) is 6.23. The van der Waals surface area contributed by atoms with E-state index in [4.69, 9.17) is 0 Å². The monoisotopic (exact) mass is 234 g/mol. The van der Waals surface area contributed by atoms with Gasteiger partial charge in [0.1, 0.15) is 6.04 Å². The summed E-state index contributed by atoms with van der Waals surface area (Å²) in [4.78, 5) is 11.8. The summed E-state index contributed by atoms with van der Waals surface area (Å²) in [5.41, 5.74) is 0. The Bertz CT molecular complexity index is 348. The molecule has 1 saturated heterocycles. The van der Waals surface area contributed by atoms with E-state index >= 15 is 0 Å². The zero-order valence-corrected chi connectivity index (χ0v) is 10.3. The van der Waals surface area contributed by atoms with E-state index in [2.05, 4.69) is 4.72 Å². The van der Waals surface area contributed by atoms with Crippen molar-refractivity contribution in [3.63, 3.8) is 0 Å². The molecule has 1 fully saturated rings. The molecule has 6 heteroatoms. The van der Waals surface area contributed by atoms with Crippen molar-refractivity contribution in [2.24, 2.45) is 11.8 Å². The molecule has 1 aliphatic rings. The smallest absolute Gasteiger partial charge is 0.272 e. The lowest BCUT2D eigenvalue weighted by atomic mass is 10.0. The molecule has 0 unspecified atom stereocenters. The lowest BCUT2D eigenvalue weighted by Gasteiger charge is -2.16. The van der Waals surface area contributed by atoms with Gasteiger partial charge in [0.2, 0.25) is 0 Å². The molecule has 88 valence electrons. The Morgan fingerprint density at radius 2 is 1.87 bits per heavy atom.